The maximum Gasteiger partial charge on any atom is 0.220 e. The zero-order valence-electron chi connectivity index (χ0n) is 12.2. The maximum absolute atomic E-state index is 6.33. The van der Waals surface area contributed by atoms with E-state index in [1.807, 2.05) is 12.1 Å². The topological polar surface area (TPSA) is 51.8 Å². The van der Waals surface area contributed by atoms with Gasteiger partial charge in [0.1, 0.15) is 0 Å². The van der Waals surface area contributed by atoms with Crippen molar-refractivity contribution in [1.29, 1.82) is 0 Å². The lowest BCUT2D eigenvalue weighted by molar-refractivity contribution is 1.04. The number of benzene rings is 2. The summed E-state index contributed by atoms with van der Waals surface area (Å²) in [5, 5.41) is 2.00. The average molecular weight is 399 g/mol. The molecule has 0 aliphatic rings. The van der Waals surface area contributed by atoms with Crippen LogP contribution in [0.3, 0.4) is 0 Å². The molecule has 0 aliphatic carbocycles. The Balaban J connectivity index is 2.15. The summed E-state index contributed by atoms with van der Waals surface area (Å²) in [6, 6.07) is 10.7. The average Bonchev–Trinajstić information content (AvgIpc) is 2.54. The first-order valence-electron chi connectivity index (χ1n) is 6.96. The van der Waals surface area contributed by atoms with Gasteiger partial charge in [-0.15, -0.1) is 0 Å². The molecule has 1 heterocycles. The van der Waals surface area contributed by atoms with Crippen LogP contribution in [-0.2, 0) is 6.42 Å². The van der Waals surface area contributed by atoms with Crippen LogP contribution in [0.15, 0.2) is 42.6 Å². The molecule has 122 valence electrons. The number of rotatable bonds is 3. The number of nitrogens with zero attached hydrogens (tertiary/aromatic N) is 2. The van der Waals surface area contributed by atoms with Crippen molar-refractivity contribution in [2.24, 2.45) is 0 Å². The molecule has 0 aliphatic heterocycles. The molecule has 0 spiro atoms. The van der Waals surface area contributed by atoms with Crippen LogP contribution < -0.4 is 5.73 Å². The molecule has 0 amide bonds. The van der Waals surface area contributed by atoms with E-state index in [0.29, 0.717) is 32.2 Å². The van der Waals surface area contributed by atoms with E-state index < -0.39 is 0 Å². The van der Waals surface area contributed by atoms with Gasteiger partial charge in [-0.3, -0.25) is 0 Å². The van der Waals surface area contributed by atoms with Crippen LogP contribution in [0.2, 0.25) is 20.1 Å². The Morgan fingerprint density at radius 1 is 0.833 bits per heavy atom. The van der Waals surface area contributed by atoms with Gasteiger partial charge in [0.25, 0.3) is 0 Å². The molecule has 0 atom stereocenters. The van der Waals surface area contributed by atoms with Crippen molar-refractivity contribution < 1.29 is 0 Å². The fourth-order valence-electron chi connectivity index (χ4n) is 2.37. The summed E-state index contributed by atoms with van der Waals surface area (Å²) in [6.45, 7) is 0. The van der Waals surface area contributed by atoms with Crippen LogP contribution in [0.5, 0.6) is 0 Å². The first kappa shape index (κ1) is 17.3. The Hall–Kier alpha value is -1.52. The number of nitrogens with two attached hydrogens (primary N) is 1. The van der Waals surface area contributed by atoms with Crippen molar-refractivity contribution >= 4 is 52.4 Å². The molecule has 0 unspecified atom stereocenters. The van der Waals surface area contributed by atoms with E-state index in [0.717, 1.165) is 16.7 Å². The van der Waals surface area contributed by atoms with Crippen molar-refractivity contribution in [3.05, 3.63) is 73.9 Å². The van der Waals surface area contributed by atoms with Gasteiger partial charge in [-0.2, -0.15) is 0 Å². The highest BCUT2D eigenvalue weighted by atomic mass is 35.5. The van der Waals surface area contributed by atoms with Crippen molar-refractivity contribution in [3.63, 3.8) is 0 Å². The predicted molar refractivity (Wildman–Crippen MR) is 101 cm³/mol. The van der Waals surface area contributed by atoms with E-state index in [1.54, 1.807) is 30.5 Å². The second-order valence-corrected chi connectivity index (χ2v) is 6.67. The van der Waals surface area contributed by atoms with Crippen molar-refractivity contribution in [2.75, 3.05) is 5.73 Å². The van der Waals surface area contributed by atoms with E-state index in [-0.39, 0.29) is 5.95 Å². The normalized spacial score (nSPS) is 10.8. The van der Waals surface area contributed by atoms with Crippen molar-refractivity contribution in [1.82, 2.24) is 9.97 Å². The lowest BCUT2D eigenvalue weighted by Gasteiger charge is -2.13. The summed E-state index contributed by atoms with van der Waals surface area (Å²) in [5.41, 5.74) is 8.64. The Kier molecular flexibility index (Phi) is 5.16. The molecule has 0 radical (unpaired) electrons. The van der Waals surface area contributed by atoms with Crippen LogP contribution in [0.4, 0.5) is 5.95 Å². The number of halogens is 4. The highest BCUT2D eigenvalue weighted by Crippen LogP contribution is 2.36. The molecule has 3 aromatic rings. The number of hydrogen-bond acceptors (Lipinski definition) is 3. The molecule has 7 heteroatoms. The minimum Gasteiger partial charge on any atom is -0.368 e. The third kappa shape index (κ3) is 3.45. The second kappa shape index (κ2) is 7.16. The quantitative estimate of drug-likeness (QED) is 0.594. The van der Waals surface area contributed by atoms with E-state index in [2.05, 4.69) is 9.97 Å². The molecule has 0 saturated carbocycles. The summed E-state index contributed by atoms with van der Waals surface area (Å²) in [7, 11) is 0. The highest BCUT2D eigenvalue weighted by molar-refractivity contribution is 6.43. The lowest BCUT2D eigenvalue weighted by Crippen LogP contribution is -2.03. The third-order valence-electron chi connectivity index (χ3n) is 3.53. The van der Waals surface area contributed by atoms with Crippen LogP contribution in [0.1, 0.15) is 11.3 Å². The summed E-state index contributed by atoms with van der Waals surface area (Å²) in [6.07, 6.45) is 2.02. The smallest absolute Gasteiger partial charge is 0.220 e. The van der Waals surface area contributed by atoms with E-state index in [1.165, 1.54) is 0 Å². The van der Waals surface area contributed by atoms with Crippen LogP contribution >= 0.6 is 46.4 Å². The molecule has 0 fully saturated rings. The fourth-order valence-corrected chi connectivity index (χ4v) is 3.31. The zero-order chi connectivity index (χ0) is 17.3. The van der Waals surface area contributed by atoms with Gasteiger partial charge in [-0.05, 0) is 23.8 Å². The van der Waals surface area contributed by atoms with Gasteiger partial charge in [0, 0.05) is 33.8 Å². The van der Waals surface area contributed by atoms with Gasteiger partial charge in [-0.25, -0.2) is 9.97 Å². The fraction of sp³-hybridized carbons (Fsp3) is 0.0588. The number of aromatic nitrogens is 2. The van der Waals surface area contributed by atoms with Crippen molar-refractivity contribution in [3.8, 4) is 11.1 Å². The first-order chi connectivity index (χ1) is 11.5. The lowest BCUT2D eigenvalue weighted by atomic mass is 10.0. The van der Waals surface area contributed by atoms with E-state index >= 15 is 0 Å². The van der Waals surface area contributed by atoms with Crippen molar-refractivity contribution in [2.45, 2.75) is 6.42 Å². The SMILES string of the molecule is Nc1ncc(-c2cccc(Cl)c2Cl)c(Cc2c(Cl)cccc2Cl)n1. The summed E-state index contributed by atoms with van der Waals surface area (Å²) in [4.78, 5) is 8.42. The van der Waals surface area contributed by atoms with Gasteiger partial charge in [0.15, 0.2) is 0 Å². The van der Waals surface area contributed by atoms with Crippen LogP contribution in [-0.4, -0.2) is 9.97 Å². The summed E-state index contributed by atoms with van der Waals surface area (Å²) < 4.78 is 0. The standard InChI is InChI=1S/C17H11Cl4N3/c18-12-4-2-5-13(19)10(12)7-15-11(8-23-17(22)24-15)9-3-1-6-14(20)16(9)21/h1-6,8H,7H2,(H2,22,23,24). The Labute approximate surface area is 159 Å². The minimum absolute atomic E-state index is 0.162. The van der Waals surface area contributed by atoms with Gasteiger partial charge in [0.05, 0.1) is 15.7 Å². The molecular formula is C17H11Cl4N3. The van der Waals surface area contributed by atoms with Gasteiger partial charge < -0.3 is 5.73 Å². The van der Waals surface area contributed by atoms with Crippen LogP contribution in [0.25, 0.3) is 11.1 Å². The molecule has 24 heavy (non-hydrogen) atoms. The molecule has 2 N–H and O–H groups in total. The second-order valence-electron chi connectivity index (χ2n) is 5.07. The Morgan fingerprint density at radius 2 is 1.46 bits per heavy atom. The molecule has 3 nitrogen and oxygen atoms in total. The zero-order valence-corrected chi connectivity index (χ0v) is 15.3. The summed E-state index contributed by atoms with van der Waals surface area (Å²) in [5.74, 6) is 0.162. The van der Waals surface area contributed by atoms with Gasteiger partial charge in [0.2, 0.25) is 5.95 Å². The molecular weight excluding hydrogens is 388 g/mol. The third-order valence-corrected chi connectivity index (χ3v) is 5.06. The predicted octanol–water partition coefficient (Wildman–Crippen LogP) is 5.93. The summed E-state index contributed by atoms with van der Waals surface area (Å²) >= 11 is 25.0. The molecule has 3 rings (SSSR count). The Bertz CT molecular complexity index is 892. The molecule has 0 saturated heterocycles. The molecule has 0 bridgehead atoms. The minimum atomic E-state index is 0.162. The number of nitrogen functional groups attached to an aromatic ring is 1. The molecule has 2 aromatic carbocycles. The Morgan fingerprint density at radius 3 is 2.17 bits per heavy atom. The number of anilines is 1. The highest BCUT2D eigenvalue weighted by Gasteiger charge is 2.16. The maximum atomic E-state index is 6.33. The van der Waals surface area contributed by atoms with Gasteiger partial charge in [-0.1, -0.05) is 64.6 Å². The van der Waals surface area contributed by atoms with Crippen LogP contribution in [0, 0.1) is 0 Å². The monoisotopic (exact) mass is 397 g/mol. The van der Waals surface area contributed by atoms with E-state index in [9.17, 15) is 0 Å². The first-order valence-corrected chi connectivity index (χ1v) is 8.47. The molecule has 1 aromatic heterocycles. The largest absolute Gasteiger partial charge is 0.368 e. The van der Waals surface area contributed by atoms with E-state index in [4.69, 9.17) is 52.1 Å². The number of hydrogen-bond donors (Lipinski definition) is 1. The van der Waals surface area contributed by atoms with Gasteiger partial charge >= 0.3 is 0 Å².